The van der Waals surface area contributed by atoms with Gasteiger partial charge in [-0.05, 0) is 24.3 Å². The van der Waals surface area contributed by atoms with Crippen molar-refractivity contribution in [2.45, 2.75) is 0 Å². The van der Waals surface area contributed by atoms with E-state index in [2.05, 4.69) is 9.97 Å². The van der Waals surface area contributed by atoms with Crippen LogP contribution in [0.15, 0.2) is 48.9 Å². The number of nitrogens with zero attached hydrogens (tertiary/aromatic N) is 2. The summed E-state index contributed by atoms with van der Waals surface area (Å²) in [6.45, 7) is 0. The van der Waals surface area contributed by atoms with E-state index in [-0.39, 0.29) is 11.4 Å². The smallest absolute Gasteiger partial charge is 0.250 e. The van der Waals surface area contributed by atoms with Gasteiger partial charge in [-0.2, -0.15) is 0 Å². The molecule has 2 heterocycles. The first-order chi connectivity index (χ1) is 9.65. The van der Waals surface area contributed by atoms with Crippen LogP contribution in [0.4, 0.5) is 4.39 Å². The molecular formula is C15H10FN3O. The summed E-state index contributed by atoms with van der Waals surface area (Å²) >= 11 is 0. The summed E-state index contributed by atoms with van der Waals surface area (Å²) in [7, 11) is 0. The standard InChI is InChI=1S/C15H10FN3O/c16-12-5-9-2-1-3-19-14(9)13(6-12)10-4-11(15(17)20)8-18-7-10/h1-8H,(H2,17,20). The van der Waals surface area contributed by atoms with Crippen molar-refractivity contribution in [3.05, 3.63) is 60.3 Å². The lowest BCUT2D eigenvalue weighted by Crippen LogP contribution is -2.11. The summed E-state index contributed by atoms with van der Waals surface area (Å²) in [5.41, 5.74) is 7.34. The third-order valence-electron chi connectivity index (χ3n) is 3.00. The molecule has 0 saturated heterocycles. The quantitative estimate of drug-likeness (QED) is 0.775. The van der Waals surface area contributed by atoms with Crippen molar-refractivity contribution >= 4 is 16.8 Å². The van der Waals surface area contributed by atoms with Crippen LogP contribution in [0.1, 0.15) is 10.4 Å². The third kappa shape index (κ3) is 2.09. The second kappa shape index (κ2) is 4.70. The summed E-state index contributed by atoms with van der Waals surface area (Å²) in [5, 5.41) is 0.687. The minimum absolute atomic E-state index is 0.274. The number of halogens is 1. The number of fused-ring (bicyclic) bond motifs is 1. The number of hydrogen-bond acceptors (Lipinski definition) is 3. The number of hydrogen-bond donors (Lipinski definition) is 1. The van der Waals surface area contributed by atoms with Crippen molar-refractivity contribution in [2.75, 3.05) is 0 Å². The van der Waals surface area contributed by atoms with Crippen molar-refractivity contribution < 1.29 is 9.18 Å². The van der Waals surface area contributed by atoms with Crippen LogP contribution in [0.2, 0.25) is 0 Å². The molecule has 20 heavy (non-hydrogen) atoms. The van der Waals surface area contributed by atoms with Gasteiger partial charge in [-0.1, -0.05) is 6.07 Å². The Morgan fingerprint density at radius 2 is 2.05 bits per heavy atom. The number of primary amides is 1. The average Bonchev–Trinajstić information content (AvgIpc) is 2.46. The molecule has 0 bridgehead atoms. The molecule has 0 atom stereocenters. The first-order valence-corrected chi connectivity index (χ1v) is 5.94. The predicted octanol–water partition coefficient (Wildman–Crippen LogP) is 2.53. The molecule has 1 aromatic carbocycles. The number of benzene rings is 1. The third-order valence-corrected chi connectivity index (χ3v) is 3.00. The number of rotatable bonds is 2. The van der Waals surface area contributed by atoms with E-state index >= 15 is 0 Å². The molecule has 0 radical (unpaired) electrons. The van der Waals surface area contributed by atoms with E-state index in [1.807, 2.05) is 0 Å². The van der Waals surface area contributed by atoms with Gasteiger partial charge in [0.2, 0.25) is 5.91 Å². The fourth-order valence-electron chi connectivity index (χ4n) is 2.10. The van der Waals surface area contributed by atoms with Crippen molar-refractivity contribution in [1.29, 1.82) is 0 Å². The molecule has 1 amide bonds. The number of amides is 1. The maximum absolute atomic E-state index is 13.7. The number of carbonyl (C=O) groups is 1. The highest BCUT2D eigenvalue weighted by Crippen LogP contribution is 2.28. The lowest BCUT2D eigenvalue weighted by molar-refractivity contribution is 0.1000. The first-order valence-electron chi connectivity index (χ1n) is 5.94. The largest absolute Gasteiger partial charge is 0.366 e. The summed E-state index contributed by atoms with van der Waals surface area (Å²) in [6, 6.07) is 7.89. The molecule has 98 valence electrons. The Labute approximate surface area is 114 Å². The van der Waals surface area contributed by atoms with Crippen LogP contribution in [-0.2, 0) is 0 Å². The number of nitrogens with two attached hydrogens (primary N) is 1. The Balaban J connectivity index is 2.29. The molecule has 4 nitrogen and oxygen atoms in total. The molecular weight excluding hydrogens is 257 g/mol. The van der Waals surface area contributed by atoms with E-state index in [0.717, 1.165) is 0 Å². The van der Waals surface area contributed by atoms with E-state index in [1.54, 1.807) is 30.6 Å². The molecule has 0 aliphatic carbocycles. The van der Waals surface area contributed by atoms with Crippen LogP contribution in [0.25, 0.3) is 22.0 Å². The summed E-state index contributed by atoms with van der Waals surface area (Å²) in [5.74, 6) is -0.946. The highest BCUT2D eigenvalue weighted by Gasteiger charge is 2.10. The maximum Gasteiger partial charge on any atom is 0.250 e. The van der Waals surface area contributed by atoms with Crippen LogP contribution in [0, 0.1) is 5.82 Å². The summed E-state index contributed by atoms with van der Waals surface area (Å²) in [4.78, 5) is 19.4. The fourth-order valence-corrected chi connectivity index (χ4v) is 2.10. The zero-order valence-electron chi connectivity index (χ0n) is 10.4. The molecule has 3 aromatic rings. The van der Waals surface area contributed by atoms with Gasteiger partial charge < -0.3 is 5.73 Å². The first kappa shape index (κ1) is 12.2. The fraction of sp³-hybridized carbons (Fsp3) is 0. The van der Waals surface area contributed by atoms with Crippen molar-refractivity contribution in [3.63, 3.8) is 0 Å². The Bertz CT molecular complexity index is 817. The Morgan fingerprint density at radius 3 is 2.85 bits per heavy atom. The van der Waals surface area contributed by atoms with E-state index in [0.29, 0.717) is 22.0 Å². The Hall–Kier alpha value is -2.82. The van der Waals surface area contributed by atoms with Gasteiger partial charge in [0.05, 0.1) is 11.1 Å². The Morgan fingerprint density at radius 1 is 1.20 bits per heavy atom. The summed E-state index contributed by atoms with van der Waals surface area (Å²) in [6.07, 6.45) is 4.56. The lowest BCUT2D eigenvalue weighted by atomic mass is 10.0. The summed E-state index contributed by atoms with van der Waals surface area (Å²) < 4.78 is 13.7. The predicted molar refractivity (Wildman–Crippen MR) is 73.4 cm³/mol. The van der Waals surface area contributed by atoms with Gasteiger partial charge in [-0.15, -0.1) is 0 Å². The van der Waals surface area contributed by atoms with Gasteiger partial charge in [-0.3, -0.25) is 14.8 Å². The van der Waals surface area contributed by atoms with Crippen molar-refractivity contribution in [3.8, 4) is 11.1 Å². The highest BCUT2D eigenvalue weighted by atomic mass is 19.1. The molecule has 5 heteroatoms. The zero-order valence-corrected chi connectivity index (χ0v) is 10.4. The van der Waals surface area contributed by atoms with Gasteiger partial charge in [0.25, 0.3) is 0 Å². The van der Waals surface area contributed by atoms with Crippen molar-refractivity contribution in [2.24, 2.45) is 5.73 Å². The van der Waals surface area contributed by atoms with E-state index < -0.39 is 5.91 Å². The van der Waals surface area contributed by atoms with Gasteiger partial charge in [0.15, 0.2) is 0 Å². The van der Waals surface area contributed by atoms with Crippen LogP contribution in [-0.4, -0.2) is 15.9 Å². The van der Waals surface area contributed by atoms with Crippen LogP contribution < -0.4 is 5.73 Å². The van der Waals surface area contributed by atoms with Gasteiger partial charge in [0, 0.05) is 35.1 Å². The van der Waals surface area contributed by atoms with Gasteiger partial charge in [0.1, 0.15) is 5.82 Å². The second-order valence-corrected chi connectivity index (χ2v) is 4.36. The molecule has 0 spiro atoms. The number of pyridine rings is 2. The van der Waals surface area contributed by atoms with Crippen LogP contribution in [0.3, 0.4) is 0 Å². The topological polar surface area (TPSA) is 68.9 Å². The minimum Gasteiger partial charge on any atom is -0.366 e. The monoisotopic (exact) mass is 267 g/mol. The van der Waals surface area contributed by atoms with Gasteiger partial charge in [-0.25, -0.2) is 4.39 Å². The molecule has 0 fully saturated rings. The van der Waals surface area contributed by atoms with E-state index in [9.17, 15) is 9.18 Å². The lowest BCUT2D eigenvalue weighted by Gasteiger charge is -2.07. The minimum atomic E-state index is -0.576. The van der Waals surface area contributed by atoms with Crippen LogP contribution >= 0.6 is 0 Å². The van der Waals surface area contributed by atoms with Gasteiger partial charge >= 0.3 is 0 Å². The van der Waals surface area contributed by atoms with Crippen LogP contribution in [0.5, 0.6) is 0 Å². The van der Waals surface area contributed by atoms with Crippen molar-refractivity contribution in [1.82, 2.24) is 9.97 Å². The van der Waals surface area contributed by atoms with E-state index in [1.165, 1.54) is 18.3 Å². The molecule has 0 saturated carbocycles. The highest BCUT2D eigenvalue weighted by molar-refractivity contribution is 5.97. The normalized spacial score (nSPS) is 10.7. The molecule has 2 N–H and O–H groups in total. The molecule has 0 aliphatic rings. The SMILES string of the molecule is NC(=O)c1cncc(-c2cc(F)cc3cccnc23)c1. The van der Waals surface area contributed by atoms with E-state index in [4.69, 9.17) is 5.73 Å². The average molecular weight is 267 g/mol. The second-order valence-electron chi connectivity index (χ2n) is 4.36. The molecule has 0 aliphatic heterocycles. The Kier molecular flexibility index (Phi) is 2.87. The number of aromatic nitrogens is 2. The number of carbonyl (C=O) groups excluding carboxylic acids is 1. The zero-order chi connectivity index (χ0) is 14.1. The molecule has 3 rings (SSSR count). The molecule has 0 unspecified atom stereocenters. The maximum atomic E-state index is 13.7. The molecule has 2 aromatic heterocycles.